The number of pyridine rings is 1. The van der Waals surface area contributed by atoms with Gasteiger partial charge in [-0.2, -0.15) is 9.78 Å². The Morgan fingerprint density at radius 2 is 1.93 bits per heavy atom. The van der Waals surface area contributed by atoms with E-state index in [4.69, 9.17) is 4.74 Å². The summed E-state index contributed by atoms with van der Waals surface area (Å²) in [5.41, 5.74) is 1.73. The van der Waals surface area contributed by atoms with Gasteiger partial charge in [-0.15, -0.1) is 0 Å². The van der Waals surface area contributed by atoms with E-state index in [1.807, 2.05) is 41.8 Å². The van der Waals surface area contributed by atoms with Gasteiger partial charge in [0.05, 0.1) is 30.0 Å². The number of hydrogen-bond donors (Lipinski definition) is 1. The first-order chi connectivity index (χ1) is 14.2. The predicted octanol–water partition coefficient (Wildman–Crippen LogP) is 1.22. The molecule has 8 heteroatoms. The summed E-state index contributed by atoms with van der Waals surface area (Å²) in [6.07, 6.45) is 3.52. The van der Waals surface area contributed by atoms with Crippen molar-refractivity contribution < 1.29 is 9.53 Å². The summed E-state index contributed by atoms with van der Waals surface area (Å²) in [5, 5.41) is 7.45. The van der Waals surface area contributed by atoms with Crippen LogP contribution in [0.2, 0.25) is 0 Å². The quantitative estimate of drug-likeness (QED) is 0.679. The molecule has 0 aliphatic carbocycles. The van der Waals surface area contributed by atoms with Crippen molar-refractivity contribution in [1.82, 2.24) is 24.6 Å². The van der Waals surface area contributed by atoms with E-state index < -0.39 is 0 Å². The highest BCUT2D eigenvalue weighted by Crippen LogP contribution is 2.22. The molecule has 1 N–H and O–H groups in total. The monoisotopic (exact) mass is 395 g/mol. The number of para-hydroxylation sites is 1. The second-order valence-electron chi connectivity index (χ2n) is 7.03. The fourth-order valence-corrected chi connectivity index (χ4v) is 3.50. The summed E-state index contributed by atoms with van der Waals surface area (Å²) in [5.74, 6) is -0.219. The Balaban J connectivity index is 1.60. The van der Waals surface area contributed by atoms with Gasteiger partial charge in [0, 0.05) is 45.1 Å². The smallest absolute Gasteiger partial charge is 0.282 e. The molecule has 8 nitrogen and oxygen atoms in total. The number of nitrogens with zero attached hydrogens (tertiary/aromatic N) is 4. The standard InChI is InChI=1S/C21H25N5O3/c1-2-24-14-17(20(27)22-8-9-25-10-12-29-13-11-25)19-18(15-24)21(28)26(23-19)16-6-4-3-5-7-16/h3-7,14-15H,2,8-13H2,1H3,(H,22,27). The highest BCUT2D eigenvalue weighted by molar-refractivity contribution is 5.99. The van der Waals surface area contributed by atoms with Gasteiger partial charge in [-0.3, -0.25) is 14.5 Å². The van der Waals surface area contributed by atoms with E-state index in [2.05, 4.69) is 15.3 Å². The molecule has 29 heavy (non-hydrogen) atoms. The lowest BCUT2D eigenvalue weighted by Gasteiger charge is -2.26. The third kappa shape index (κ3) is 4.08. The van der Waals surface area contributed by atoms with Crippen molar-refractivity contribution in [2.24, 2.45) is 0 Å². The number of nitrogens with one attached hydrogen (secondary N) is 1. The van der Waals surface area contributed by atoms with Crippen molar-refractivity contribution in [2.75, 3.05) is 39.4 Å². The van der Waals surface area contributed by atoms with Gasteiger partial charge < -0.3 is 14.6 Å². The van der Waals surface area contributed by atoms with E-state index in [9.17, 15) is 9.59 Å². The first kappa shape index (κ1) is 19.4. The first-order valence-electron chi connectivity index (χ1n) is 9.94. The van der Waals surface area contributed by atoms with E-state index in [1.165, 1.54) is 4.68 Å². The highest BCUT2D eigenvalue weighted by Gasteiger charge is 2.24. The third-order valence-electron chi connectivity index (χ3n) is 5.15. The molecule has 0 saturated carbocycles. The number of rotatable bonds is 6. The molecule has 0 unspecified atom stereocenters. The Morgan fingerprint density at radius 3 is 2.66 bits per heavy atom. The van der Waals surface area contributed by atoms with Crippen molar-refractivity contribution in [2.45, 2.75) is 13.5 Å². The van der Waals surface area contributed by atoms with Crippen LogP contribution in [0.5, 0.6) is 0 Å². The van der Waals surface area contributed by atoms with Crippen molar-refractivity contribution >= 4 is 5.91 Å². The lowest BCUT2D eigenvalue weighted by atomic mass is 10.1. The van der Waals surface area contributed by atoms with Crippen LogP contribution in [0.3, 0.4) is 0 Å². The average molecular weight is 395 g/mol. The first-order valence-corrected chi connectivity index (χ1v) is 9.94. The molecule has 0 aromatic heterocycles. The summed E-state index contributed by atoms with van der Waals surface area (Å²) in [4.78, 5) is 28.1. The van der Waals surface area contributed by atoms with Crippen molar-refractivity contribution in [3.05, 3.63) is 58.6 Å². The number of aromatic nitrogens is 3. The minimum absolute atomic E-state index is 0.219. The number of fused-ring (bicyclic) bond motifs is 1. The fourth-order valence-electron chi connectivity index (χ4n) is 3.50. The van der Waals surface area contributed by atoms with Crippen LogP contribution in [0.15, 0.2) is 47.5 Å². The van der Waals surface area contributed by atoms with Gasteiger partial charge in [-0.1, -0.05) is 18.2 Å². The largest absolute Gasteiger partial charge is 0.379 e. The minimum atomic E-state index is -0.226. The zero-order valence-electron chi connectivity index (χ0n) is 16.5. The number of amides is 1. The molecule has 0 bridgehead atoms. The van der Waals surface area contributed by atoms with Gasteiger partial charge in [0.2, 0.25) is 0 Å². The molecule has 1 saturated heterocycles. The lowest BCUT2D eigenvalue weighted by molar-refractivity contribution is 0.0383. The van der Waals surface area contributed by atoms with Gasteiger partial charge >= 0.3 is 0 Å². The highest BCUT2D eigenvalue weighted by atomic mass is 16.5. The molecule has 1 aromatic rings. The van der Waals surface area contributed by atoms with Crippen LogP contribution in [0.25, 0.3) is 16.9 Å². The topological polar surface area (TPSA) is 81.4 Å². The number of carbonyl (C=O) groups is 1. The maximum absolute atomic E-state index is 12.9. The van der Waals surface area contributed by atoms with Crippen molar-refractivity contribution in [1.29, 1.82) is 0 Å². The van der Waals surface area contributed by atoms with E-state index in [1.54, 1.807) is 12.4 Å². The van der Waals surface area contributed by atoms with Crippen LogP contribution < -0.4 is 10.9 Å². The normalized spacial score (nSPS) is 14.9. The molecule has 1 aromatic carbocycles. The molecule has 0 atom stereocenters. The van der Waals surface area contributed by atoms with Crippen LogP contribution in [0, 0.1) is 0 Å². The number of benzene rings is 1. The average Bonchev–Trinajstić information content (AvgIpc) is 3.11. The number of carbonyl (C=O) groups excluding carboxylic acids is 1. The molecule has 4 rings (SSSR count). The maximum atomic E-state index is 12.9. The molecule has 0 spiro atoms. The predicted molar refractivity (Wildman–Crippen MR) is 110 cm³/mol. The van der Waals surface area contributed by atoms with Crippen LogP contribution in [-0.4, -0.2) is 64.5 Å². The van der Waals surface area contributed by atoms with Crippen LogP contribution in [-0.2, 0) is 11.3 Å². The van der Waals surface area contributed by atoms with Crippen molar-refractivity contribution in [3.8, 4) is 16.9 Å². The second kappa shape index (κ2) is 8.59. The molecule has 3 aliphatic rings. The molecule has 3 aliphatic heterocycles. The number of aryl methyl sites for hydroxylation is 1. The molecule has 152 valence electrons. The maximum Gasteiger partial charge on any atom is 0.282 e. The van der Waals surface area contributed by atoms with E-state index in [0.29, 0.717) is 35.6 Å². The zero-order valence-corrected chi connectivity index (χ0v) is 16.5. The molecule has 0 radical (unpaired) electrons. The van der Waals surface area contributed by atoms with Gasteiger partial charge in [-0.25, -0.2) is 0 Å². The summed E-state index contributed by atoms with van der Waals surface area (Å²) >= 11 is 0. The Bertz CT molecular complexity index is 1000. The lowest BCUT2D eigenvalue weighted by Crippen LogP contribution is -2.41. The number of morpholine rings is 1. The molecular weight excluding hydrogens is 370 g/mol. The summed E-state index contributed by atoms with van der Waals surface area (Å²) in [6.45, 7) is 7.14. The zero-order chi connectivity index (χ0) is 20.2. The minimum Gasteiger partial charge on any atom is -0.379 e. The van der Waals surface area contributed by atoms with E-state index in [0.717, 1.165) is 32.8 Å². The number of ether oxygens (including phenoxy) is 1. The van der Waals surface area contributed by atoms with Crippen molar-refractivity contribution in [3.63, 3.8) is 0 Å². The van der Waals surface area contributed by atoms with Gasteiger partial charge in [0.25, 0.3) is 11.5 Å². The van der Waals surface area contributed by atoms with E-state index in [-0.39, 0.29) is 11.5 Å². The van der Waals surface area contributed by atoms with Gasteiger partial charge in [-0.05, 0) is 19.1 Å². The Kier molecular flexibility index (Phi) is 5.73. The second-order valence-corrected chi connectivity index (χ2v) is 7.03. The third-order valence-corrected chi connectivity index (χ3v) is 5.15. The summed E-state index contributed by atoms with van der Waals surface area (Å²) in [6, 6.07) is 9.24. The summed E-state index contributed by atoms with van der Waals surface area (Å²) < 4.78 is 8.55. The molecule has 1 fully saturated rings. The Labute approximate surface area is 169 Å². The van der Waals surface area contributed by atoms with Crippen LogP contribution in [0.4, 0.5) is 0 Å². The molecule has 1 amide bonds. The van der Waals surface area contributed by atoms with E-state index >= 15 is 0 Å². The van der Waals surface area contributed by atoms with Crippen LogP contribution in [0.1, 0.15) is 17.3 Å². The van der Waals surface area contributed by atoms with Gasteiger partial charge in [0.1, 0.15) is 5.69 Å². The fraction of sp³-hybridized carbons (Fsp3) is 0.381. The van der Waals surface area contributed by atoms with Gasteiger partial charge in [0.15, 0.2) is 0 Å². The summed E-state index contributed by atoms with van der Waals surface area (Å²) in [7, 11) is 0. The Hall–Kier alpha value is -2.97. The molecular formula is C21H25N5O3. The Morgan fingerprint density at radius 1 is 1.17 bits per heavy atom. The van der Waals surface area contributed by atoms with Crippen LogP contribution >= 0.6 is 0 Å². The SMILES string of the molecule is CCn1cc(C(=O)NCCN2CCOCC2)c2nn(-c3ccccc3)c(=O)c-2c1. The number of hydrogen-bond acceptors (Lipinski definition) is 5. The molecule has 3 heterocycles.